The van der Waals surface area contributed by atoms with Crippen LogP contribution in [0.25, 0.3) is 0 Å². The summed E-state index contributed by atoms with van der Waals surface area (Å²) in [6.07, 6.45) is -4.05. The maximum absolute atomic E-state index is 13.1. The highest BCUT2D eigenvalue weighted by molar-refractivity contribution is 7.99. The van der Waals surface area contributed by atoms with Crippen LogP contribution in [-0.4, -0.2) is 16.7 Å². The van der Waals surface area contributed by atoms with Gasteiger partial charge in [0.1, 0.15) is 0 Å². The van der Waals surface area contributed by atoms with E-state index in [1.807, 2.05) is 0 Å². The standard InChI is InChI=1S/C12H12F3N3OS/c1-7-17-18-11(19-7)20-10-3-2-8(4-5-16)6-9(10)12(13,14)15/h2-3,6H,4-5,16H2,1H3. The van der Waals surface area contributed by atoms with E-state index in [0.717, 1.165) is 17.8 Å². The highest BCUT2D eigenvalue weighted by Gasteiger charge is 2.34. The van der Waals surface area contributed by atoms with Crippen molar-refractivity contribution in [3.63, 3.8) is 0 Å². The number of aromatic nitrogens is 2. The lowest BCUT2D eigenvalue weighted by Gasteiger charge is -2.12. The molecule has 1 heterocycles. The normalized spacial score (nSPS) is 11.8. The number of halogens is 3. The Balaban J connectivity index is 2.36. The topological polar surface area (TPSA) is 64.9 Å². The number of alkyl halides is 3. The van der Waals surface area contributed by atoms with Crippen molar-refractivity contribution in [3.8, 4) is 0 Å². The lowest BCUT2D eigenvalue weighted by atomic mass is 10.1. The number of rotatable bonds is 4. The van der Waals surface area contributed by atoms with Crippen LogP contribution in [0.15, 0.2) is 32.7 Å². The molecule has 0 spiro atoms. The average Bonchev–Trinajstić information content (AvgIpc) is 2.76. The highest BCUT2D eigenvalue weighted by Crippen LogP contribution is 2.39. The molecule has 108 valence electrons. The second-order valence-corrected chi connectivity index (χ2v) is 5.05. The van der Waals surface area contributed by atoms with Crippen LogP contribution < -0.4 is 5.73 Å². The van der Waals surface area contributed by atoms with E-state index >= 15 is 0 Å². The molecule has 0 radical (unpaired) electrons. The molecule has 4 nitrogen and oxygen atoms in total. The van der Waals surface area contributed by atoms with E-state index in [1.165, 1.54) is 6.07 Å². The van der Waals surface area contributed by atoms with Crippen LogP contribution in [0.3, 0.4) is 0 Å². The molecule has 2 N–H and O–H groups in total. The summed E-state index contributed by atoms with van der Waals surface area (Å²) in [5.74, 6) is 0.306. The minimum Gasteiger partial charge on any atom is -0.416 e. The fraction of sp³-hybridized carbons (Fsp3) is 0.333. The molecule has 0 aliphatic carbocycles. The number of nitrogens with zero attached hydrogens (tertiary/aromatic N) is 2. The Bertz CT molecular complexity index is 598. The van der Waals surface area contributed by atoms with Crippen molar-refractivity contribution in [3.05, 3.63) is 35.2 Å². The van der Waals surface area contributed by atoms with Gasteiger partial charge in [-0.05, 0) is 42.4 Å². The molecule has 0 saturated heterocycles. The first kappa shape index (κ1) is 14.9. The fourth-order valence-electron chi connectivity index (χ4n) is 1.62. The Hall–Kier alpha value is -1.54. The number of hydrogen-bond donors (Lipinski definition) is 1. The van der Waals surface area contributed by atoms with Crippen LogP contribution in [0, 0.1) is 6.92 Å². The van der Waals surface area contributed by atoms with E-state index in [0.29, 0.717) is 24.4 Å². The quantitative estimate of drug-likeness (QED) is 0.940. The molecule has 0 bridgehead atoms. The van der Waals surface area contributed by atoms with Crippen molar-refractivity contribution in [1.29, 1.82) is 0 Å². The van der Waals surface area contributed by atoms with Gasteiger partial charge >= 0.3 is 6.18 Å². The van der Waals surface area contributed by atoms with Crippen molar-refractivity contribution in [2.75, 3.05) is 6.54 Å². The molecular formula is C12H12F3N3OS. The van der Waals surface area contributed by atoms with Crippen molar-refractivity contribution in [2.45, 2.75) is 29.6 Å². The molecule has 1 aromatic carbocycles. The number of hydrogen-bond acceptors (Lipinski definition) is 5. The third kappa shape index (κ3) is 3.51. The van der Waals surface area contributed by atoms with E-state index < -0.39 is 11.7 Å². The zero-order chi connectivity index (χ0) is 14.8. The Morgan fingerprint density at radius 3 is 2.60 bits per heavy atom. The van der Waals surface area contributed by atoms with E-state index in [2.05, 4.69) is 10.2 Å². The summed E-state index contributed by atoms with van der Waals surface area (Å²) in [5, 5.41) is 7.35. The first-order valence-electron chi connectivity index (χ1n) is 5.78. The van der Waals surface area contributed by atoms with Crippen molar-refractivity contribution >= 4 is 11.8 Å². The molecular weight excluding hydrogens is 291 g/mol. The van der Waals surface area contributed by atoms with Crippen LogP contribution >= 0.6 is 11.8 Å². The lowest BCUT2D eigenvalue weighted by molar-refractivity contribution is -0.139. The largest absolute Gasteiger partial charge is 0.417 e. The minimum atomic E-state index is -4.44. The van der Waals surface area contributed by atoms with Gasteiger partial charge in [-0.15, -0.1) is 10.2 Å². The van der Waals surface area contributed by atoms with Gasteiger partial charge in [0.15, 0.2) is 0 Å². The van der Waals surface area contributed by atoms with Gasteiger partial charge < -0.3 is 10.2 Å². The molecule has 1 aromatic heterocycles. The van der Waals surface area contributed by atoms with Gasteiger partial charge in [-0.1, -0.05) is 6.07 Å². The van der Waals surface area contributed by atoms with Gasteiger partial charge in [-0.2, -0.15) is 13.2 Å². The first-order chi connectivity index (χ1) is 9.40. The maximum atomic E-state index is 13.1. The SMILES string of the molecule is Cc1nnc(Sc2ccc(CCN)cc2C(F)(F)F)o1. The Labute approximate surface area is 117 Å². The molecule has 0 amide bonds. The van der Waals surface area contributed by atoms with Gasteiger partial charge in [0.25, 0.3) is 5.22 Å². The molecule has 0 aliphatic rings. The van der Waals surface area contributed by atoms with Gasteiger partial charge in [0.2, 0.25) is 5.89 Å². The van der Waals surface area contributed by atoms with E-state index in [1.54, 1.807) is 13.0 Å². The lowest BCUT2D eigenvalue weighted by Crippen LogP contribution is -2.09. The predicted octanol–water partition coefficient (Wildman–Crippen LogP) is 3.05. The fourth-order valence-corrected chi connectivity index (χ4v) is 2.48. The Morgan fingerprint density at radius 2 is 2.05 bits per heavy atom. The van der Waals surface area contributed by atoms with E-state index in [9.17, 15) is 13.2 Å². The Morgan fingerprint density at radius 1 is 1.30 bits per heavy atom. The number of nitrogens with two attached hydrogens (primary N) is 1. The summed E-state index contributed by atoms with van der Waals surface area (Å²) in [5.41, 5.74) is 5.19. The number of aryl methyl sites for hydroxylation is 1. The van der Waals surface area contributed by atoms with Crippen LogP contribution in [0.2, 0.25) is 0 Å². The van der Waals surface area contributed by atoms with Crippen LogP contribution in [0.5, 0.6) is 0 Å². The summed E-state index contributed by atoms with van der Waals surface area (Å²) in [6, 6.07) is 4.13. The van der Waals surface area contributed by atoms with Gasteiger partial charge in [0.05, 0.1) is 5.56 Å². The van der Waals surface area contributed by atoms with Crippen LogP contribution in [0.1, 0.15) is 17.0 Å². The molecule has 0 aliphatic heterocycles. The summed E-state index contributed by atoms with van der Waals surface area (Å²) < 4.78 is 44.3. The third-order valence-corrected chi connectivity index (χ3v) is 3.40. The second-order valence-electron chi connectivity index (χ2n) is 4.06. The van der Waals surface area contributed by atoms with Crippen LogP contribution in [0.4, 0.5) is 13.2 Å². The van der Waals surface area contributed by atoms with E-state index in [4.69, 9.17) is 10.2 Å². The predicted molar refractivity (Wildman–Crippen MR) is 67.4 cm³/mol. The molecule has 20 heavy (non-hydrogen) atoms. The Kier molecular flexibility index (Phi) is 4.34. The highest BCUT2D eigenvalue weighted by atomic mass is 32.2. The molecule has 0 unspecified atom stereocenters. The monoisotopic (exact) mass is 303 g/mol. The second kappa shape index (κ2) is 5.84. The molecule has 0 fully saturated rings. The molecule has 0 atom stereocenters. The third-order valence-electron chi connectivity index (χ3n) is 2.49. The first-order valence-corrected chi connectivity index (χ1v) is 6.60. The molecule has 2 aromatic rings. The maximum Gasteiger partial charge on any atom is 0.417 e. The van der Waals surface area contributed by atoms with E-state index in [-0.39, 0.29) is 10.1 Å². The van der Waals surface area contributed by atoms with Crippen molar-refractivity contribution < 1.29 is 17.6 Å². The molecule has 0 saturated carbocycles. The summed E-state index contributed by atoms with van der Waals surface area (Å²) in [7, 11) is 0. The van der Waals surface area contributed by atoms with Gasteiger partial charge in [-0.25, -0.2) is 0 Å². The zero-order valence-corrected chi connectivity index (χ0v) is 11.4. The summed E-state index contributed by atoms with van der Waals surface area (Å²) in [6.45, 7) is 1.87. The molecule has 2 rings (SSSR count). The van der Waals surface area contributed by atoms with Crippen molar-refractivity contribution in [2.24, 2.45) is 5.73 Å². The summed E-state index contributed by atoms with van der Waals surface area (Å²) >= 11 is 0.797. The zero-order valence-electron chi connectivity index (χ0n) is 10.6. The summed E-state index contributed by atoms with van der Waals surface area (Å²) in [4.78, 5) is 0.0296. The average molecular weight is 303 g/mol. The van der Waals surface area contributed by atoms with Gasteiger partial charge in [0, 0.05) is 11.8 Å². The van der Waals surface area contributed by atoms with Gasteiger partial charge in [-0.3, -0.25) is 0 Å². The van der Waals surface area contributed by atoms with Crippen molar-refractivity contribution in [1.82, 2.24) is 10.2 Å². The van der Waals surface area contributed by atoms with Crippen LogP contribution in [-0.2, 0) is 12.6 Å². The minimum absolute atomic E-state index is 0.0296. The smallest absolute Gasteiger partial charge is 0.416 e. The number of benzene rings is 1. The molecule has 8 heteroatoms.